The molecule has 1 aliphatic rings. The third-order valence-corrected chi connectivity index (χ3v) is 4.22. The quantitative estimate of drug-likeness (QED) is 0.296. The number of aliphatic hydroxyl groups is 1. The van der Waals surface area contributed by atoms with Crippen molar-refractivity contribution in [1.29, 1.82) is 10.8 Å². The van der Waals surface area contributed by atoms with Gasteiger partial charge in [-0.15, -0.1) is 0 Å². The van der Waals surface area contributed by atoms with Gasteiger partial charge in [-0.05, 0) is 13.3 Å². The first-order chi connectivity index (χ1) is 12.2. The first-order valence-electron chi connectivity index (χ1n) is 8.53. The third-order valence-electron chi connectivity index (χ3n) is 4.22. The summed E-state index contributed by atoms with van der Waals surface area (Å²) in [5.74, 6) is 1.67. The van der Waals surface area contributed by atoms with Gasteiger partial charge in [-0.1, -0.05) is 25.9 Å². The van der Waals surface area contributed by atoms with Crippen molar-refractivity contribution in [3.8, 4) is 0 Å². The van der Waals surface area contributed by atoms with Crippen LogP contribution in [0, 0.1) is 10.8 Å². The van der Waals surface area contributed by atoms with Gasteiger partial charge in [-0.3, -0.25) is 0 Å². The molecular formula is C17H27N7O2. The van der Waals surface area contributed by atoms with Crippen molar-refractivity contribution >= 4 is 29.3 Å². The molecule has 5 N–H and O–H groups in total. The lowest BCUT2D eigenvalue weighted by atomic mass is 9.95. The van der Waals surface area contributed by atoms with Crippen LogP contribution < -0.4 is 10.2 Å². The van der Waals surface area contributed by atoms with E-state index in [1.165, 1.54) is 6.21 Å². The highest BCUT2D eigenvalue weighted by Crippen LogP contribution is 2.30. The van der Waals surface area contributed by atoms with Crippen LogP contribution >= 0.6 is 0 Å². The molecule has 1 aliphatic heterocycles. The third kappa shape index (κ3) is 4.34. The second kappa shape index (κ2) is 7.77. The zero-order valence-corrected chi connectivity index (χ0v) is 15.7. The Labute approximate surface area is 153 Å². The highest BCUT2D eigenvalue weighted by atomic mass is 16.4. The number of hydrogen-bond donors (Lipinski definition) is 5. The summed E-state index contributed by atoms with van der Waals surface area (Å²) in [7, 11) is 0. The SMILES string of the molecule is C/C(=N/O)C(=N)CNc1nc(C(C)(C)C)nc(N2CCC(O)C2)c1C=N. The number of oxime groups is 1. The molecule has 1 unspecified atom stereocenters. The summed E-state index contributed by atoms with van der Waals surface area (Å²) >= 11 is 0. The van der Waals surface area contributed by atoms with Crippen LogP contribution in [0.2, 0.25) is 0 Å². The summed E-state index contributed by atoms with van der Waals surface area (Å²) in [5.41, 5.74) is 0.540. The van der Waals surface area contributed by atoms with E-state index < -0.39 is 6.10 Å². The number of nitrogens with zero attached hydrogens (tertiary/aromatic N) is 4. The Balaban J connectivity index is 2.44. The summed E-state index contributed by atoms with van der Waals surface area (Å²) in [5, 5.41) is 40.5. The van der Waals surface area contributed by atoms with Crippen LogP contribution in [0.4, 0.5) is 11.6 Å². The molecule has 0 amide bonds. The summed E-state index contributed by atoms with van der Waals surface area (Å²) in [6.07, 6.45) is 1.44. The van der Waals surface area contributed by atoms with Crippen LogP contribution in [0.15, 0.2) is 5.16 Å². The molecule has 1 saturated heterocycles. The fourth-order valence-electron chi connectivity index (χ4n) is 2.60. The van der Waals surface area contributed by atoms with Crippen LogP contribution in [0.3, 0.4) is 0 Å². The van der Waals surface area contributed by atoms with E-state index in [0.717, 1.165) is 0 Å². The molecule has 0 radical (unpaired) electrons. The maximum Gasteiger partial charge on any atom is 0.143 e. The lowest BCUT2D eigenvalue weighted by Gasteiger charge is -2.25. The Kier molecular flexibility index (Phi) is 5.91. The maximum absolute atomic E-state index is 9.86. The molecule has 1 aromatic heterocycles. The Hall–Kier alpha value is -2.55. The van der Waals surface area contributed by atoms with Gasteiger partial charge in [0.1, 0.15) is 17.5 Å². The molecule has 0 aromatic carbocycles. The van der Waals surface area contributed by atoms with Crippen molar-refractivity contribution in [2.24, 2.45) is 5.16 Å². The van der Waals surface area contributed by atoms with Crippen LogP contribution in [-0.2, 0) is 5.41 Å². The van der Waals surface area contributed by atoms with Gasteiger partial charge in [-0.25, -0.2) is 9.97 Å². The Morgan fingerprint density at radius 2 is 2.12 bits per heavy atom. The number of β-amino-alcohol motifs (C(OH)–C–C–N with tert-alkyl or cyclic N) is 1. The average Bonchev–Trinajstić information content (AvgIpc) is 3.03. The Morgan fingerprint density at radius 3 is 2.62 bits per heavy atom. The molecule has 2 rings (SSSR count). The van der Waals surface area contributed by atoms with E-state index in [4.69, 9.17) is 16.0 Å². The van der Waals surface area contributed by atoms with E-state index in [0.29, 0.717) is 42.5 Å². The molecule has 0 spiro atoms. The van der Waals surface area contributed by atoms with Crippen molar-refractivity contribution in [2.75, 3.05) is 29.9 Å². The zero-order chi connectivity index (χ0) is 19.5. The van der Waals surface area contributed by atoms with Crippen molar-refractivity contribution in [1.82, 2.24) is 9.97 Å². The summed E-state index contributed by atoms with van der Waals surface area (Å²) in [6, 6.07) is 0. The zero-order valence-electron chi connectivity index (χ0n) is 15.7. The van der Waals surface area contributed by atoms with Crippen LogP contribution in [-0.4, -0.2) is 63.7 Å². The van der Waals surface area contributed by atoms with Gasteiger partial charge in [0.15, 0.2) is 0 Å². The van der Waals surface area contributed by atoms with E-state index in [9.17, 15) is 5.11 Å². The Morgan fingerprint density at radius 1 is 1.42 bits per heavy atom. The fourth-order valence-corrected chi connectivity index (χ4v) is 2.60. The minimum atomic E-state index is -0.408. The molecule has 1 atom stereocenters. The highest BCUT2D eigenvalue weighted by Gasteiger charge is 2.28. The van der Waals surface area contributed by atoms with Crippen molar-refractivity contribution in [3.05, 3.63) is 11.4 Å². The van der Waals surface area contributed by atoms with Crippen LogP contribution in [0.1, 0.15) is 45.5 Å². The number of aromatic nitrogens is 2. The number of hydrogen-bond acceptors (Lipinski definition) is 9. The first kappa shape index (κ1) is 19.8. The molecular weight excluding hydrogens is 334 g/mol. The molecule has 142 valence electrons. The van der Waals surface area contributed by atoms with Gasteiger partial charge in [0.05, 0.1) is 29.6 Å². The molecule has 9 heteroatoms. The maximum atomic E-state index is 9.86. The standard InChI is InChI=1S/C17H27N7O2/c1-10(23-26)13(19)8-20-14-12(7-18)15(24-6-5-11(25)9-24)22-16(21-14)17(2,3)4/h7,11,18-19,25-26H,5-6,8-9H2,1-4H3,(H,20,21,22)/b18-7?,19-13?,23-10-. The molecule has 26 heavy (non-hydrogen) atoms. The fraction of sp³-hybridized carbons (Fsp3) is 0.588. The second-order valence-corrected chi connectivity index (χ2v) is 7.43. The Bertz CT molecular complexity index is 725. The van der Waals surface area contributed by atoms with Crippen molar-refractivity contribution in [3.63, 3.8) is 0 Å². The van der Waals surface area contributed by atoms with E-state index in [2.05, 4.69) is 20.4 Å². The van der Waals surface area contributed by atoms with Crippen LogP contribution in [0.25, 0.3) is 0 Å². The number of anilines is 2. The predicted molar refractivity (Wildman–Crippen MR) is 103 cm³/mol. The summed E-state index contributed by atoms with van der Waals surface area (Å²) < 4.78 is 0. The molecule has 1 aromatic rings. The smallest absolute Gasteiger partial charge is 0.143 e. The van der Waals surface area contributed by atoms with E-state index in [1.54, 1.807) is 6.92 Å². The molecule has 2 heterocycles. The topological polar surface area (TPSA) is 142 Å². The van der Waals surface area contributed by atoms with E-state index >= 15 is 0 Å². The monoisotopic (exact) mass is 361 g/mol. The lowest BCUT2D eigenvalue weighted by Crippen LogP contribution is -2.28. The van der Waals surface area contributed by atoms with Crippen LogP contribution in [0.5, 0.6) is 0 Å². The lowest BCUT2D eigenvalue weighted by molar-refractivity contribution is 0.198. The predicted octanol–water partition coefficient (Wildman–Crippen LogP) is 1.62. The van der Waals surface area contributed by atoms with Gasteiger partial charge >= 0.3 is 0 Å². The number of aliphatic hydroxyl groups excluding tert-OH is 1. The van der Waals surface area contributed by atoms with Crippen molar-refractivity contribution < 1.29 is 10.3 Å². The number of rotatable bonds is 6. The number of nitrogens with one attached hydrogen (secondary N) is 3. The highest BCUT2D eigenvalue weighted by molar-refractivity contribution is 6.41. The van der Waals surface area contributed by atoms with Gasteiger partial charge < -0.3 is 31.3 Å². The van der Waals surface area contributed by atoms with Gasteiger partial charge in [0, 0.05) is 24.7 Å². The largest absolute Gasteiger partial charge is 0.411 e. The van der Waals surface area contributed by atoms with E-state index in [1.807, 2.05) is 25.7 Å². The second-order valence-electron chi connectivity index (χ2n) is 7.43. The molecule has 0 saturated carbocycles. The van der Waals surface area contributed by atoms with Crippen molar-refractivity contribution in [2.45, 2.75) is 45.6 Å². The molecule has 0 aliphatic carbocycles. The molecule has 9 nitrogen and oxygen atoms in total. The normalized spacial score (nSPS) is 18.1. The van der Waals surface area contributed by atoms with E-state index in [-0.39, 0.29) is 23.4 Å². The van der Waals surface area contributed by atoms with Gasteiger partial charge in [0.2, 0.25) is 0 Å². The first-order valence-corrected chi connectivity index (χ1v) is 8.53. The summed E-state index contributed by atoms with van der Waals surface area (Å²) in [4.78, 5) is 11.2. The minimum Gasteiger partial charge on any atom is -0.411 e. The van der Waals surface area contributed by atoms with Gasteiger partial charge in [-0.2, -0.15) is 0 Å². The summed E-state index contributed by atoms with van der Waals surface area (Å²) in [6.45, 7) is 8.79. The average molecular weight is 361 g/mol. The molecule has 1 fully saturated rings. The molecule has 0 bridgehead atoms. The minimum absolute atomic E-state index is 0.111. The van der Waals surface area contributed by atoms with Gasteiger partial charge in [0.25, 0.3) is 0 Å².